The van der Waals surface area contributed by atoms with Gasteiger partial charge in [0.15, 0.2) is 0 Å². The van der Waals surface area contributed by atoms with Crippen LogP contribution in [0.25, 0.3) is 5.69 Å². The van der Waals surface area contributed by atoms with Crippen molar-refractivity contribution in [1.82, 2.24) is 15.0 Å². The normalized spacial score (nSPS) is 10.8. The molecule has 0 saturated heterocycles. The standard InChI is InChI=1S/C13H17BrN4/c1-10-5-6-13(12(14)8-10)18-9-11(16-17-18)4-2-3-7-15/h5-6,8-9H,2-4,7,15H2,1H3. The Bertz CT molecular complexity index is 521. The largest absolute Gasteiger partial charge is 0.330 e. The fourth-order valence-electron chi connectivity index (χ4n) is 1.78. The molecule has 2 N–H and O–H groups in total. The Hall–Kier alpha value is -1.20. The average molecular weight is 309 g/mol. The van der Waals surface area contributed by atoms with Gasteiger partial charge in [-0.15, -0.1) is 5.10 Å². The number of rotatable bonds is 5. The molecule has 0 atom stereocenters. The van der Waals surface area contributed by atoms with Crippen LogP contribution >= 0.6 is 15.9 Å². The lowest BCUT2D eigenvalue weighted by Crippen LogP contribution is -1.99. The molecule has 5 heteroatoms. The van der Waals surface area contributed by atoms with Gasteiger partial charge >= 0.3 is 0 Å². The van der Waals surface area contributed by atoms with E-state index >= 15 is 0 Å². The van der Waals surface area contributed by atoms with E-state index in [1.54, 1.807) is 4.68 Å². The van der Waals surface area contributed by atoms with Gasteiger partial charge in [0.25, 0.3) is 0 Å². The van der Waals surface area contributed by atoms with E-state index in [0.717, 1.165) is 41.7 Å². The molecule has 0 aliphatic rings. The summed E-state index contributed by atoms with van der Waals surface area (Å²) in [5, 5.41) is 8.34. The third kappa shape index (κ3) is 3.17. The summed E-state index contributed by atoms with van der Waals surface area (Å²) >= 11 is 3.55. The molecule has 0 amide bonds. The van der Waals surface area contributed by atoms with Crippen LogP contribution in [0.2, 0.25) is 0 Å². The third-order valence-corrected chi connectivity index (χ3v) is 3.41. The highest BCUT2D eigenvalue weighted by atomic mass is 79.9. The lowest BCUT2D eigenvalue weighted by molar-refractivity contribution is 0.727. The zero-order chi connectivity index (χ0) is 13.0. The molecule has 0 spiro atoms. The van der Waals surface area contributed by atoms with Gasteiger partial charge in [-0.05, 0) is 66.4 Å². The number of hydrogen-bond donors (Lipinski definition) is 1. The Morgan fingerprint density at radius 3 is 2.89 bits per heavy atom. The minimum Gasteiger partial charge on any atom is -0.330 e. The summed E-state index contributed by atoms with van der Waals surface area (Å²) in [4.78, 5) is 0. The lowest BCUT2D eigenvalue weighted by atomic mass is 10.2. The number of benzene rings is 1. The molecule has 2 rings (SSSR count). The maximum Gasteiger partial charge on any atom is 0.0831 e. The number of aromatic nitrogens is 3. The highest BCUT2D eigenvalue weighted by molar-refractivity contribution is 9.10. The van der Waals surface area contributed by atoms with E-state index in [-0.39, 0.29) is 0 Å². The van der Waals surface area contributed by atoms with Crippen molar-refractivity contribution in [3.05, 3.63) is 40.1 Å². The van der Waals surface area contributed by atoms with Crippen molar-refractivity contribution in [2.45, 2.75) is 26.2 Å². The number of nitrogens with two attached hydrogens (primary N) is 1. The molecule has 0 aliphatic heterocycles. The van der Waals surface area contributed by atoms with Crippen molar-refractivity contribution in [2.24, 2.45) is 5.73 Å². The summed E-state index contributed by atoms with van der Waals surface area (Å²) in [6.07, 6.45) is 5.00. The summed E-state index contributed by atoms with van der Waals surface area (Å²) in [7, 11) is 0. The van der Waals surface area contributed by atoms with Gasteiger partial charge in [0, 0.05) is 4.47 Å². The molecule has 1 aromatic heterocycles. The van der Waals surface area contributed by atoms with E-state index in [1.807, 2.05) is 12.3 Å². The van der Waals surface area contributed by atoms with Gasteiger partial charge in [-0.3, -0.25) is 0 Å². The number of hydrogen-bond acceptors (Lipinski definition) is 3. The fourth-order valence-corrected chi connectivity index (χ4v) is 2.45. The van der Waals surface area contributed by atoms with Gasteiger partial charge in [-0.2, -0.15) is 0 Å². The van der Waals surface area contributed by atoms with Gasteiger partial charge < -0.3 is 5.73 Å². The summed E-state index contributed by atoms with van der Waals surface area (Å²) in [5.41, 5.74) is 8.71. The Morgan fingerprint density at radius 1 is 1.33 bits per heavy atom. The predicted molar refractivity (Wildman–Crippen MR) is 75.8 cm³/mol. The molecule has 0 fully saturated rings. The predicted octanol–water partition coefficient (Wildman–Crippen LogP) is 2.62. The average Bonchev–Trinajstić information content (AvgIpc) is 2.78. The monoisotopic (exact) mass is 308 g/mol. The molecule has 0 unspecified atom stereocenters. The zero-order valence-electron chi connectivity index (χ0n) is 10.4. The molecule has 2 aromatic rings. The molecular weight excluding hydrogens is 292 g/mol. The van der Waals surface area contributed by atoms with E-state index in [4.69, 9.17) is 5.73 Å². The number of aryl methyl sites for hydroxylation is 2. The van der Waals surface area contributed by atoms with Crippen molar-refractivity contribution in [3.8, 4) is 5.69 Å². The quantitative estimate of drug-likeness (QED) is 0.864. The molecule has 1 aromatic carbocycles. The van der Waals surface area contributed by atoms with Crippen LogP contribution in [-0.4, -0.2) is 21.5 Å². The second kappa shape index (κ2) is 6.11. The highest BCUT2D eigenvalue weighted by Crippen LogP contribution is 2.21. The van der Waals surface area contributed by atoms with Crippen molar-refractivity contribution in [2.75, 3.05) is 6.54 Å². The first-order valence-electron chi connectivity index (χ1n) is 6.08. The molecule has 1 heterocycles. The van der Waals surface area contributed by atoms with Crippen LogP contribution in [0.5, 0.6) is 0 Å². The number of nitrogens with zero attached hydrogens (tertiary/aromatic N) is 3. The summed E-state index contributed by atoms with van der Waals surface area (Å²) < 4.78 is 2.84. The van der Waals surface area contributed by atoms with Gasteiger partial charge in [-0.25, -0.2) is 4.68 Å². The Labute approximate surface area is 115 Å². The van der Waals surface area contributed by atoms with Gasteiger partial charge in [0.05, 0.1) is 17.6 Å². The van der Waals surface area contributed by atoms with Crippen LogP contribution in [0.3, 0.4) is 0 Å². The van der Waals surface area contributed by atoms with Gasteiger partial charge in [-0.1, -0.05) is 11.3 Å². The zero-order valence-corrected chi connectivity index (χ0v) is 12.0. The summed E-state index contributed by atoms with van der Waals surface area (Å²) in [6, 6.07) is 6.18. The molecule has 0 saturated carbocycles. The first kappa shape index (κ1) is 13.2. The molecule has 0 aliphatic carbocycles. The molecule has 96 valence electrons. The first-order valence-corrected chi connectivity index (χ1v) is 6.88. The summed E-state index contributed by atoms with van der Waals surface area (Å²) in [5.74, 6) is 0. The fraction of sp³-hybridized carbons (Fsp3) is 0.385. The van der Waals surface area contributed by atoms with Crippen LogP contribution < -0.4 is 5.73 Å². The Morgan fingerprint density at radius 2 is 2.17 bits per heavy atom. The second-order valence-corrected chi connectivity index (χ2v) is 5.21. The van der Waals surface area contributed by atoms with Crippen LogP contribution in [0, 0.1) is 6.92 Å². The smallest absolute Gasteiger partial charge is 0.0831 e. The van der Waals surface area contributed by atoms with Crippen molar-refractivity contribution in [1.29, 1.82) is 0 Å². The van der Waals surface area contributed by atoms with Crippen LogP contribution in [0.15, 0.2) is 28.9 Å². The van der Waals surface area contributed by atoms with E-state index in [9.17, 15) is 0 Å². The Balaban J connectivity index is 2.13. The van der Waals surface area contributed by atoms with Crippen molar-refractivity contribution >= 4 is 15.9 Å². The topological polar surface area (TPSA) is 56.7 Å². The first-order chi connectivity index (χ1) is 8.70. The minimum absolute atomic E-state index is 0.734. The maximum absolute atomic E-state index is 5.48. The van der Waals surface area contributed by atoms with Crippen molar-refractivity contribution in [3.63, 3.8) is 0 Å². The van der Waals surface area contributed by atoms with Gasteiger partial charge in [0.1, 0.15) is 0 Å². The van der Waals surface area contributed by atoms with Crippen LogP contribution in [0.4, 0.5) is 0 Å². The number of halogens is 1. The molecule has 4 nitrogen and oxygen atoms in total. The van der Waals surface area contributed by atoms with Crippen molar-refractivity contribution < 1.29 is 0 Å². The molecule has 0 radical (unpaired) electrons. The molecular formula is C13H17BrN4. The third-order valence-electron chi connectivity index (χ3n) is 2.78. The number of unbranched alkanes of at least 4 members (excludes halogenated alkanes) is 1. The highest BCUT2D eigenvalue weighted by Gasteiger charge is 2.06. The SMILES string of the molecule is Cc1ccc(-n2cc(CCCCN)nn2)c(Br)c1. The van der Waals surface area contributed by atoms with Crippen LogP contribution in [0.1, 0.15) is 24.1 Å². The van der Waals surface area contributed by atoms with E-state index in [2.05, 4.69) is 45.3 Å². The lowest BCUT2D eigenvalue weighted by Gasteiger charge is -2.03. The molecule has 0 bridgehead atoms. The van der Waals surface area contributed by atoms with E-state index in [1.165, 1.54) is 5.56 Å². The molecule has 18 heavy (non-hydrogen) atoms. The van der Waals surface area contributed by atoms with Gasteiger partial charge in [0.2, 0.25) is 0 Å². The van der Waals surface area contributed by atoms with Crippen LogP contribution in [-0.2, 0) is 6.42 Å². The summed E-state index contributed by atoms with van der Waals surface area (Å²) in [6.45, 7) is 2.80. The van der Waals surface area contributed by atoms with E-state index < -0.39 is 0 Å². The Kier molecular flexibility index (Phi) is 4.49. The maximum atomic E-state index is 5.48. The second-order valence-electron chi connectivity index (χ2n) is 4.36. The minimum atomic E-state index is 0.734. The van der Waals surface area contributed by atoms with E-state index in [0.29, 0.717) is 0 Å².